The molecule has 0 aliphatic carbocycles. The second-order valence-electron chi connectivity index (χ2n) is 5.79. The molecule has 0 unspecified atom stereocenters. The van der Waals surface area contributed by atoms with Gasteiger partial charge < -0.3 is 5.32 Å². The van der Waals surface area contributed by atoms with Crippen LogP contribution in [0.25, 0.3) is 0 Å². The van der Waals surface area contributed by atoms with E-state index in [-0.39, 0.29) is 43.5 Å². The standard InChI is InChI=1S/C14H18N4O5S2/c1-2-25(22,23)17-6-5-9-10(7-17)24-14(15-9)16-11(19)8-18-12(20)3-4-13(18)21/h2-8H2,1H3,(H,15,16,19). The molecule has 3 heterocycles. The van der Waals surface area contributed by atoms with Gasteiger partial charge in [-0.2, -0.15) is 4.31 Å². The smallest absolute Gasteiger partial charge is 0.246 e. The molecule has 0 bridgehead atoms. The number of aromatic nitrogens is 1. The van der Waals surface area contributed by atoms with Crippen molar-refractivity contribution < 1.29 is 22.8 Å². The molecule has 1 aromatic heterocycles. The third-order valence-corrected chi connectivity index (χ3v) is 6.98. The van der Waals surface area contributed by atoms with E-state index in [0.29, 0.717) is 18.1 Å². The van der Waals surface area contributed by atoms with Gasteiger partial charge in [0.1, 0.15) is 6.54 Å². The number of sulfonamides is 1. The predicted octanol–water partition coefficient (Wildman–Crippen LogP) is -0.0616. The number of rotatable bonds is 5. The molecule has 1 saturated heterocycles. The Kier molecular flexibility index (Phi) is 4.89. The Morgan fingerprint density at radius 1 is 1.24 bits per heavy atom. The highest BCUT2D eigenvalue weighted by molar-refractivity contribution is 7.89. The first-order valence-electron chi connectivity index (χ1n) is 7.89. The van der Waals surface area contributed by atoms with Gasteiger partial charge in [-0.1, -0.05) is 0 Å². The first kappa shape index (κ1) is 18.0. The summed E-state index contributed by atoms with van der Waals surface area (Å²) in [5, 5.41) is 2.94. The Balaban J connectivity index is 1.65. The maximum absolute atomic E-state index is 12.0. The largest absolute Gasteiger partial charge is 0.300 e. The molecule has 0 spiro atoms. The zero-order valence-corrected chi connectivity index (χ0v) is 15.3. The number of anilines is 1. The first-order chi connectivity index (χ1) is 11.8. The van der Waals surface area contributed by atoms with Gasteiger partial charge >= 0.3 is 0 Å². The lowest BCUT2D eigenvalue weighted by Crippen LogP contribution is -2.36. The SMILES string of the molecule is CCS(=O)(=O)N1CCc2nc(NC(=O)CN3C(=O)CCC3=O)sc2C1. The molecule has 1 N–H and O–H groups in total. The van der Waals surface area contributed by atoms with Gasteiger partial charge in [-0.15, -0.1) is 11.3 Å². The molecular formula is C14H18N4O5S2. The molecule has 2 aliphatic heterocycles. The van der Waals surface area contributed by atoms with Crippen LogP contribution < -0.4 is 5.32 Å². The summed E-state index contributed by atoms with van der Waals surface area (Å²) in [4.78, 5) is 41.2. The van der Waals surface area contributed by atoms with E-state index in [1.54, 1.807) is 6.92 Å². The number of amides is 3. The number of thiazole rings is 1. The molecule has 0 radical (unpaired) electrons. The van der Waals surface area contributed by atoms with Crippen molar-refractivity contribution in [3.63, 3.8) is 0 Å². The lowest BCUT2D eigenvalue weighted by atomic mass is 10.2. The normalized spacial score (nSPS) is 18.5. The Labute approximate surface area is 149 Å². The summed E-state index contributed by atoms with van der Waals surface area (Å²) in [6.07, 6.45) is 0.767. The molecule has 11 heteroatoms. The number of nitrogens with zero attached hydrogens (tertiary/aromatic N) is 3. The van der Waals surface area contributed by atoms with Gasteiger partial charge in [0.15, 0.2) is 5.13 Å². The van der Waals surface area contributed by atoms with Crippen molar-refractivity contribution in [3.8, 4) is 0 Å². The topological polar surface area (TPSA) is 117 Å². The molecule has 0 aromatic carbocycles. The minimum atomic E-state index is -3.26. The Hall–Kier alpha value is -1.85. The lowest BCUT2D eigenvalue weighted by Gasteiger charge is -2.24. The van der Waals surface area contributed by atoms with Crippen LogP contribution in [0.2, 0.25) is 0 Å². The molecule has 3 amide bonds. The molecule has 1 aromatic rings. The van der Waals surface area contributed by atoms with Gasteiger partial charge in [0, 0.05) is 37.2 Å². The molecule has 0 saturated carbocycles. The van der Waals surface area contributed by atoms with Crippen molar-refractivity contribution in [1.29, 1.82) is 0 Å². The molecule has 9 nitrogen and oxygen atoms in total. The second kappa shape index (κ2) is 6.81. The van der Waals surface area contributed by atoms with Crippen LogP contribution in [0.1, 0.15) is 30.3 Å². The molecule has 3 rings (SSSR count). The van der Waals surface area contributed by atoms with E-state index in [1.807, 2.05) is 0 Å². The summed E-state index contributed by atoms with van der Waals surface area (Å²) in [5.41, 5.74) is 0.774. The van der Waals surface area contributed by atoms with E-state index < -0.39 is 15.9 Å². The van der Waals surface area contributed by atoms with Crippen LogP contribution in [0, 0.1) is 0 Å². The molecular weight excluding hydrogens is 368 g/mol. The van der Waals surface area contributed by atoms with Crippen molar-refractivity contribution in [3.05, 3.63) is 10.6 Å². The number of imide groups is 1. The molecule has 2 aliphatic rings. The number of likely N-dealkylation sites (tertiary alicyclic amines) is 1. The number of carbonyl (C=O) groups excluding carboxylic acids is 3. The fourth-order valence-electron chi connectivity index (χ4n) is 2.75. The third-order valence-electron chi connectivity index (χ3n) is 4.16. The van der Waals surface area contributed by atoms with Gasteiger partial charge in [0.05, 0.1) is 11.4 Å². The highest BCUT2D eigenvalue weighted by Gasteiger charge is 2.31. The van der Waals surface area contributed by atoms with E-state index in [1.165, 1.54) is 15.6 Å². The average molecular weight is 386 g/mol. The van der Waals surface area contributed by atoms with E-state index in [2.05, 4.69) is 10.3 Å². The monoisotopic (exact) mass is 386 g/mol. The highest BCUT2D eigenvalue weighted by atomic mass is 32.2. The maximum Gasteiger partial charge on any atom is 0.246 e. The molecule has 1 fully saturated rings. The Morgan fingerprint density at radius 3 is 2.56 bits per heavy atom. The highest BCUT2D eigenvalue weighted by Crippen LogP contribution is 2.29. The van der Waals surface area contributed by atoms with Crippen LogP contribution in [0.15, 0.2) is 0 Å². The van der Waals surface area contributed by atoms with Crippen molar-refractivity contribution in [2.75, 3.05) is 24.2 Å². The zero-order valence-electron chi connectivity index (χ0n) is 13.6. The second-order valence-corrected chi connectivity index (χ2v) is 9.14. The minimum Gasteiger partial charge on any atom is -0.300 e. The van der Waals surface area contributed by atoms with Gasteiger partial charge in [-0.25, -0.2) is 13.4 Å². The molecule has 0 atom stereocenters. The number of carbonyl (C=O) groups is 3. The van der Waals surface area contributed by atoms with E-state index in [0.717, 1.165) is 15.5 Å². The summed E-state index contributed by atoms with van der Waals surface area (Å²) < 4.78 is 25.4. The fourth-order valence-corrected chi connectivity index (χ4v) is 4.93. The van der Waals surface area contributed by atoms with Crippen LogP contribution in [-0.2, 0) is 37.4 Å². The first-order valence-corrected chi connectivity index (χ1v) is 10.3. The molecule has 136 valence electrons. The number of fused-ring (bicyclic) bond motifs is 1. The predicted molar refractivity (Wildman–Crippen MR) is 90.3 cm³/mol. The zero-order chi connectivity index (χ0) is 18.2. The number of hydrogen-bond acceptors (Lipinski definition) is 7. The van der Waals surface area contributed by atoms with Crippen LogP contribution in [0.4, 0.5) is 5.13 Å². The van der Waals surface area contributed by atoms with Crippen LogP contribution in [0.3, 0.4) is 0 Å². The minimum absolute atomic E-state index is 0.0443. The van der Waals surface area contributed by atoms with Crippen molar-refractivity contribution in [2.45, 2.75) is 32.7 Å². The van der Waals surface area contributed by atoms with Gasteiger partial charge in [0.2, 0.25) is 27.7 Å². The van der Waals surface area contributed by atoms with Crippen LogP contribution in [0.5, 0.6) is 0 Å². The number of nitrogens with one attached hydrogen (secondary N) is 1. The Morgan fingerprint density at radius 2 is 1.92 bits per heavy atom. The van der Waals surface area contributed by atoms with Crippen molar-refractivity contribution in [2.24, 2.45) is 0 Å². The lowest BCUT2D eigenvalue weighted by molar-refractivity contribution is -0.141. The van der Waals surface area contributed by atoms with Crippen molar-refractivity contribution >= 4 is 44.2 Å². The fraction of sp³-hybridized carbons (Fsp3) is 0.571. The summed E-state index contributed by atoms with van der Waals surface area (Å²) >= 11 is 1.22. The Bertz CT molecular complexity index is 816. The van der Waals surface area contributed by atoms with Crippen LogP contribution in [-0.4, -0.2) is 59.2 Å². The summed E-state index contributed by atoms with van der Waals surface area (Å²) in [5.74, 6) is -1.14. The average Bonchev–Trinajstić information content (AvgIpc) is 3.11. The molecule has 25 heavy (non-hydrogen) atoms. The number of hydrogen-bond donors (Lipinski definition) is 1. The summed E-state index contributed by atoms with van der Waals surface area (Å²) in [6, 6.07) is 0. The summed E-state index contributed by atoms with van der Waals surface area (Å²) in [7, 11) is -3.26. The quantitative estimate of drug-likeness (QED) is 0.709. The maximum atomic E-state index is 12.0. The van der Waals surface area contributed by atoms with E-state index in [9.17, 15) is 22.8 Å². The van der Waals surface area contributed by atoms with Crippen LogP contribution >= 0.6 is 11.3 Å². The van der Waals surface area contributed by atoms with E-state index in [4.69, 9.17) is 0 Å². The van der Waals surface area contributed by atoms with Crippen molar-refractivity contribution in [1.82, 2.24) is 14.2 Å². The van der Waals surface area contributed by atoms with Gasteiger partial charge in [-0.05, 0) is 6.92 Å². The summed E-state index contributed by atoms with van der Waals surface area (Å²) in [6.45, 7) is 1.90. The van der Waals surface area contributed by atoms with Gasteiger partial charge in [-0.3, -0.25) is 19.3 Å². The van der Waals surface area contributed by atoms with Gasteiger partial charge in [0.25, 0.3) is 0 Å². The van der Waals surface area contributed by atoms with E-state index >= 15 is 0 Å². The third kappa shape index (κ3) is 3.72.